The van der Waals surface area contributed by atoms with Crippen LogP contribution < -0.4 is 10.6 Å². The molecule has 3 rings (SSSR count). The van der Waals surface area contributed by atoms with Crippen LogP contribution in [0.5, 0.6) is 0 Å². The van der Waals surface area contributed by atoms with Crippen molar-refractivity contribution in [3.8, 4) is 0 Å². The summed E-state index contributed by atoms with van der Waals surface area (Å²) >= 11 is 0. The van der Waals surface area contributed by atoms with Crippen molar-refractivity contribution in [2.24, 2.45) is 5.41 Å². The van der Waals surface area contributed by atoms with Gasteiger partial charge in [0.25, 0.3) is 0 Å². The van der Waals surface area contributed by atoms with Crippen LogP contribution >= 0.6 is 0 Å². The highest BCUT2D eigenvalue weighted by Crippen LogP contribution is 2.30. The molecule has 1 aliphatic rings. The molecule has 138 valence electrons. The van der Waals surface area contributed by atoms with E-state index in [9.17, 15) is 4.79 Å². The number of ether oxygens (including phenoxy) is 1. The molecule has 0 saturated carbocycles. The number of amides is 1. The maximum absolute atomic E-state index is 13.1. The third kappa shape index (κ3) is 4.32. The molecule has 1 amide bonds. The van der Waals surface area contributed by atoms with E-state index in [1.165, 1.54) is 11.1 Å². The summed E-state index contributed by atoms with van der Waals surface area (Å²) in [5, 5.41) is 6.56. The smallest absolute Gasteiger partial charge is 0.228 e. The molecule has 0 atom stereocenters. The van der Waals surface area contributed by atoms with E-state index < -0.39 is 5.41 Å². The van der Waals surface area contributed by atoms with Crippen molar-refractivity contribution in [3.63, 3.8) is 0 Å². The predicted molar refractivity (Wildman–Crippen MR) is 104 cm³/mol. The summed E-state index contributed by atoms with van der Waals surface area (Å²) in [6.07, 6.45) is 1.63. The Balaban J connectivity index is 1.76. The lowest BCUT2D eigenvalue weighted by atomic mass is 9.78. The number of benzene rings is 2. The Morgan fingerprint density at radius 1 is 1.04 bits per heavy atom. The first kappa shape index (κ1) is 18.6. The highest BCUT2D eigenvalue weighted by atomic mass is 16.5. The third-order valence-electron chi connectivity index (χ3n) is 5.33. The Bertz CT molecular complexity index is 637. The monoisotopic (exact) mass is 352 g/mol. The van der Waals surface area contributed by atoms with Gasteiger partial charge in [0, 0.05) is 19.6 Å². The molecule has 2 aromatic rings. The van der Waals surface area contributed by atoms with E-state index in [0.29, 0.717) is 13.2 Å². The molecule has 0 radical (unpaired) electrons. The molecule has 0 spiro atoms. The number of hydrogen-bond acceptors (Lipinski definition) is 3. The molecule has 26 heavy (non-hydrogen) atoms. The highest BCUT2D eigenvalue weighted by Gasteiger charge is 2.39. The van der Waals surface area contributed by atoms with Gasteiger partial charge in [0.1, 0.15) is 0 Å². The fraction of sp³-hybridized carbons (Fsp3) is 0.409. The van der Waals surface area contributed by atoms with Gasteiger partial charge in [-0.1, -0.05) is 60.7 Å². The Morgan fingerprint density at radius 2 is 1.58 bits per heavy atom. The van der Waals surface area contributed by atoms with Gasteiger partial charge >= 0.3 is 0 Å². The van der Waals surface area contributed by atoms with Crippen molar-refractivity contribution in [1.29, 1.82) is 0 Å². The van der Waals surface area contributed by atoms with Crippen LogP contribution in [0.25, 0.3) is 0 Å². The molecule has 1 aliphatic heterocycles. The lowest BCUT2D eigenvalue weighted by Crippen LogP contribution is -2.50. The van der Waals surface area contributed by atoms with Gasteiger partial charge in [-0.15, -0.1) is 0 Å². The Morgan fingerprint density at radius 3 is 2.08 bits per heavy atom. The normalized spacial score (nSPS) is 16.4. The molecule has 0 bridgehead atoms. The average Bonchev–Trinajstić information content (AvgIpc) is 2.70. The lowest BCUT2D eigenvalue weighted by molar-refractivity contribution is -0.136. The largest absolute Gasteiger partial charge is 0.384 e. The van der Waals surface area contributed by atoms with Crippen LogP contribution in [0.3, 0.4) is 0 Å². The molecule has 2 aromatic carbocycles. The van der Waals surface area contributed by atoms with E-state index in [4.69, 9.17) is 4.74 Å². The van der Waals surface area contributed by atoms with Crippen molar-refractivity contribution in [2.75, 3.05) is 33.4 Å². The van der Waals surface area contributed by atoms with Crippen LogP contribution in [0, 0.1) is 5.41 Å². The standard InChI is InChI=1S/C22H28N2O2/c1-26-17-22(12-14-23-15-13-22)21(25)24-16-20(18-8-4-2-5-9-18)19-10-6-3-7-11-19/h2-11,20,23H,12-17H2,1H3,(H,24,25). The fourth-order valence-corrected chi connectivity index (χ4v) is 3.80. The Hall–Kier alpha value is -2.17. The van der Waals surface area contributed by atoms with E-state index >= 15 is 0 Å². The second-order valence-electron chi connectivity index (χ2n) is 7.05. The first-order valence-corrected chi connectivity index (χ1v) is 9.33. The van der Waals surface area contributed by atoms with Gasteiger partial charge in [0.15, 0.2) is 0 Å². The zero-order valence-corrected chi connectivity index (χ0v) is 15.4. The van der Waals surface area contributed by atoms with Gasteiger partial charge in [-0.25, -0.2) is 0 Å². The number of carbonyl (C=O) groups is 1. The van der Waals surface area contributed by atoms with Crippen molar-refractivity contribution >= 4 is 5.91 Å². The number of rotatable bonds is 7. The molecule has 1 saturated heterocycles. The summed E-state index contributed by atoms with van der Waals surface area (Å²) in [5.74, 6) is 0.250. The molecule has 4 nitrogen and oxygen atoms in total. The van der Waals surface area contributed by atoms with E-state index in [2.05, 4.69) is 34.9 Å². The Kier molecular flexibility index (Phi) is 6.42. The van der Waals surface area contributed by atoms with Crippen LogP contribution in [0.2, 0.25) is 0 Å². The van der Waals surface area contributed by atoms with Crippen LogP contribution in [0.15, 0.2) is 60.7 Å². The lowest BCUT2D eigenvalue weighted by Gasteiger charge is -2.36. The number of carbonyl (C=O) groups excluding carboxylic acids is 1. The van der Waals surface area contributed by atoms with Crippen LogP contribution in [-0.2, 0) is 9.53 Å². The van der Waals surface area contributed by atoms with Crippen molar-refractivity contribution < 1.29 is 9.53 Å². The summed E-state index contributed by atoms with van der Waals surface area (Å²) in [5.41, 5.74) is 2.01. The van der Waals surface area contributed by atoms with Crippen LogP contribution in [0.1, 0.15) is 29.9 Å². The zero-order chi connectivity index (χ0) is 18.2. The fourth-order valence-electron chi connectivity index (χ4n) is 3.80. The van der Waals surface area contributed by atoms with Gasteiger partial charge in [-0.2, -0.15) is 0 Å². The van der Waals surface area contributed by atoms with Crippen molar-refractivity contribution in [3.05, 3.63) is 71.8 Å². The molecule has 0 aromatic heterocycles. The van der Waals surface area contributed by atoms with Crippen LogP contribution in [-0.4, -0.2) is 39.3 Å². The third-order valence-corrected chi connectivity index (χ3v) is 5.33. The molecule has 4 heteroatoms. The molecular formula is C22H28N2O2. The van der Waals surface area contributed by atoms with Crippen molar-refractivity contribution in [2.45, 2.75) is 18.8 Å². The van der Waals surface area contributed by atoms with Gasteiger partial charge in [-0.3, -0.25) is 4.79 Å². The zero-order valence-electron chi connectivity index (χ0n) is 15.4. The highest BCUT2D eigenvalue weighted by molar-refractivity contribution is 5.83. The van der Waals surface area contributed by atoms with E-state index in [0.717, 1.165) is 25.9 Å². The van der Waals surface area contributed by atoms with E-state index in [1.54, 1.807) is 7.11 Å². The minimum absolute atomic E-state index is 0.109. The molecule has 1 fully saturated rings. The topological polar surface area (TPSA) is 50.4 Å². The molecule has 2 N–H and O–H groups in total. The summed E-state index contributed by atoms with van der Waals surface area (Å²) < 4.78 is 5.39. The first-order valence-electron chi connectivity index (χ1n) is 9.33. The second kappa shape index (κ2) is 8.97. The minimum Gasteiger partial charge on any atom is -0.384 e. The number of piperidine rings is 1. The molecule has 0 aliphatic carbocycles. The van der Waals surface area contributed by atoms with Gasteiger partial charge < -0.3 is 15.4 Å². The van der Waals surface area contributed by atoms with Gasteiger partial charge in [-0.05, 0) is 37.1 Å². The first-order chi connectivity index (χ1) is 12.7. The van der Waals surface area contributed by atoms with Crippen molar-refractivity contribution in [1.82, 2.24) is 10.6 Å². The predicted octanol–water partition coefficient (Wildman–Crippen LogP) is 2.95. The molecule has 1 heterocycles. The quantitative estimate of drug-likeness (QED) is 0.805. The number of hydrogen-bond donors (Lipinski definition) is 2. The van der Waals surface area contributed by atoms with E-state index in [-0.39, 0.29) is 11.8 Å². The van der Waals surface area contributed by atoms with Crippen LogP contribution in [0.4, 0.5) is 0 Å². The summed E-state index contributed by atoms with van der Waals surface area (Å²) in [6, 6.07) is 20.7. The summed E-state index contributed by atoms with van der Waals surface area (Å²) in [7, 11) is 1.67. The minimum atomic E-state index is -0.419. The SMILES string of the molecule is COCC1(C(=O)NCC(c2ccccc2)c2ccccc2)CCNCC1. The van der Waals surface area contributed by atoms with Gasteiger partial charge in [0.2, 0.25) is 5.91 Å². The Labute approximate surface area is 156 Å². The maximum atomic E-state index is 13.1. The molecule has 0 unspecified atom stereocenters. The molecular weight excluding hydrogens is 324 g/mol. The summed E-state index contributed by atoms with van der Waals surface area (Å²) in [4.78, 5) is 13.1. The summed E-state index contributed by atoms with van der Waals surface area (Å²) in [6.45, 7) is 2.78. The number of methoxy groups -OCH3 is 1. The second-order valence-corrected chi connectivity index (χ2v) is 7.05. The number of nitrogens with one attached hydrogen (secondary N) is 2. The van der Waals surface area contributed by atoms with E-state index in [1.807, 2.05) is 36.4 Å². The van der Waals surface area contributed by atoms with Gasteiger partial charge in [0.05, 0.1) is 12.0 Å². The average molecular weight is 352 g/mol. The maximum Gasteiger partial charge on any atom is 0.228 e.